The molecule has 0 aliphatic heterocycles. The van der Waals surface area contributed by atoms with E-state index in [0.717, 1.165) is 36.3 Å². The van der Waals surface area contributed by atoms with Crippen LogP contribution >= 0.6 is 11.8 Å². The molecule has 1 amide bonds. The number of benzene rings is 1. The fourth-order valence-corrected chi connectivity index (χ4v) is 2.95. The first-order valence-corrected chi connectivity index (χ1v) is 7.95. The van der Waals surface area contributed by atoms with Gasteiger partial charge in [0.15, 0.2) is 0 Å². The maximum absolute atomic E-state index is 12.3. The van der Waals surface area contributed by atoms with Crippen LogP contribution in [0.4, 0.5) is 5.69 Å². The third-order valence-corrected chi connectivity index (χ3v) is 4.46. The number of imidazole rings is 1. The Hall–Kier alpha value is -1.75. The number of aryl methyl sites for hydroxylation is 1. The van der Waals surface area contributed by atoms with E-state index in [1.165, 1.54) is 4.90 Å². The van der Waals surface area contributed by atoms with Crippen molar-refractivity contribution in [3.8, 4) is 0 Å². The Morgan fingerprint density at radius 3 is 2.95 bits per heavy atom. The number of H-pyrrole nitrogens is 1. The second-order valence-electron chi connectivity index (χ2n) is 4.99. The summed E-state index contributed by atoms with van der Waals surface area (Å²) in [7, 11) is 0. The molecule has 0 saturated heterocycles. The van der Waals surface area contributed by atoms with Crippen molar-refractivity contribution < 1.29 is 4.79 Å². The van der Waals surface area contributed by atoms with Gasteiger partial charge in [-0.3, -0.25) is 4.79 Å². The van der Waals surface area contributed by atoms with Crippen molar-refractivity contribution in [1.29, 1.82) is 0 Å². The lowest BCUT2D eigenvalue weighted by Crippen LogP contribution is -2.28. The highest BCUT2D eigenvalue weighted by atomic mass is 32.2. The zero-order chi connectivity index (χ0) is 13.9. The second-order valence-corrected chi connectivity index (χ2v) is 5.86. The average molecular weight is 287 g/mol. The van der Waals surface area contributed by atoms with Gasteiger partial charge in [0.05, 0.1) is 12.0 Å². The van der Waals surface area contributed by atoms with Gasteiger partial charge in [-0.25, -0.2) is 4.98 Å². The molecule has 1 aliphatic rings. The number of amides is 1. The van der Waals surface area contributed by atoms with E-state index in [1.54, 1.807) is 18.1 Å². The van der Waals surface area contributed by atoms with Crippen LogP contribution in [0.3, 0.4) is 0 Å². The fourth-order valence-electron chi connectivity index (χ4n) is 2.54. The van der Waals surface area contributed by atoms with Crippen LogP contribution in [0.2, 0.25) is 0 Å². The van der Waals surface area contributed by atoms with Crippen molar-refractivity contribution in [3.05, 3.63) is 42.0 Å². The monoisotopic (exact) mass is 287 g/mol. The molecule has 1 unspecified atom stereocenters. The van der Waals surface area contributed by atoms with E-state index in [4.69, 9.17) is 0 Å². The minimum Gasteiger partial charge on any atom is -0.348 e. The van der Waals surface area contributed by atoms with E-state index in [1.807, 2.05) is 30.5 Å². The third-order valence-electron chi connectivity index (χ3n) is 3.72. The molecule has 2 aromatic rings. The average Bonchev–Trinajstić information content (AvgIpc) is 2.95. The molecule has 2 N–H and O–H groups in total. The summed E-state index contributed by atoms with van der Waals surface area (Å²) in [5, 5.41) is 3.00. The predicted octanol–water partition coefficient (Wildman–Crippen LogP) is 2.88. The van der Waals surface area contributed by atoms with Crippen molar-refractivity contribution >= 4 is 23.4 Å². The summed E-state index contributed by atoms with van der Waals surface area (Å²) in [6, 6.07) is 7.95. The number of anilines is 1. The van der Waals surface area contributed by atoms with Crippen molar-refractivity contribution in [1.82, 2.24) is 9.97 Å². The lowest BCUT2D eigenvalue weighted by Gasteiger charge is -2.20. The summed E-state index contributed by atoms with van der Waals surface area (Å²) in [5.74, 6) is 0.130. The van der Waals surface area contributed by atoms with Gasteiger partial charge in [0.2, 0.25) is 5.91 Å². The van der Waals surface area contributed by atoms with E-state index in [0.29, 0.717) is 0 Å². The van der Waals surface area contributed by atoms with Crippen LogP contribution in [0.5, 0.6) is 0 Å². The highest BCUT2D eigenvalue weighted by Gasteiger charge is 2.26. The highest BCUT2D eigenvalue weighted by Crippen LogP contribution is 2.24. The normalized spacial score (nSPS) is 17.6. The summed E-state index contributed by atoms with van der Waals surface area (Å²) in [4.78, 5) is 20.9. The number of carbonyl (C=O) groups is 1. The van der Waals surface area contributed by atoms with Gasteiger partial charge < -0.3 is 10.3 Å². The number of hydrogen-bond acceptors (Lipinski definition) is 3. The third kappa shape index (κ3) is 2.72. The zero-order valence-corrected chi connectivity index (χ0v) is 12.2. The number of nitrogens with one attached hydrogen (secondary N) is 2. The molecule has 0 radical (unpaired) electrons. The van der Waals surface area contributed by atoms with E-state index < -0.39 is 0 Å². The van der Waals surface area contributed by atoms with Gasteiger partial charge in [-0.1, -0.05) is 0 Å². The van der Waals surface area contributed by atoms with Crippen LogP contribution in [-0.2, 0) is 17.6 Å². The van der Waals surface area contributed by atoms with Gasteiger partial charge >= 0.3 is 0 Å². The zero-order valence-electron chi connectivity index (χ0n) is 11.3. The van der Waals surface area contributed by atoms with E-state index in [9.17, 15) is 4.79 Å². The van der Waals surface area contributed by atoms with Crippen LogP contribution in [0, 0.1) is 5.92 Å². The lowest BCUT2D eigenvalue weighted by molar-refractivity contribution is -0.120. The molecule has 1 aliphatic carbocycles. The summed E-state index contributed by atoms with van der Waals surface area (Å²) < 4.78 is 0. The summed E-state index contributed by atoms with van der Waals surface area (Å²) in [6.45, 7) is 0. The Balaban J connectivity index is 1.65. The van der Waals surface area contributed by atoms with Crippen LogP contribution in [0.25, 0.3) is 0 Å². The Labute approximate surface area is 122 Å². The first-order valence-electron chi connectivity index (χ1n) is 6.72. The van der Waals surface area contributed by atoms with E-state index >= 15 is 0 Å². The van der Waals surface area contributed by atoms with Crippen molar-refractivity contribution in [3.63, 3.8) is 0 Å². The van der Waals surface area contributed by atoms with Gasteiger partial charge in [0.25, 0.3) is 0 Å². The van der Waals surface area contributed by atoms with Crippen LogP contribution in [0.15, 0.2) is 35.5 Å². The second kappa shape index (κ2) is 5.71. The van der Waals surface area contributed by atoms with E-state index in [-0.39, 0.29) is 11.8 Å². The first-order chi connectivity index (χ1) is 9.76. The van der Waals surface area contributed by atoms with Gasteiger partial charge in [-0.05, 0) is 43.4 Å². The van der Waals surface area contributed by atoms with Gasteiger partial charge in [0, 0.05) is 28.6 Å². The van der Waals surface area contributed by atoms with Crippen LogP contribution < -0.4 is 5.32 Å². The molecular weight excluding hydrogens is 270 g/mol. The number of thioether (sulfide) groups is 1. The maximum Gasteiger partial charge on any atom is 0.227 e. The Morgan fingerprint density at radius 2 is 2.20 bits per heavy atom. The number of fused-ring (bicyclic) bond motifs is 1. The Morgan fingerprint density at radius 1 is 1.40 bits per heavy atom. The maximum atomic E-state index is 12.3. The minimum absolute atomic E-state index is 0.0307. The highest BCUT2D eigenvalue weighted by molar-refractivity contribution is 7.98. The Bertz CT molecular complexity index is 606. The number of hydrogen-bond donors (Lipinski definition) is 2. The number of carbonyl (C=O) groups excluding carboxylic acids is 1. The molecule has 1 aromatic carbocycles. The topological polar surface area (TPSA) is 57.8 Å². The summed E-state index contributed by atoms with van der Waals surface area (Å²) in [5.41, 5.74) is 3.08. The molecule has 1 heterocycles. The molecule has 3 rings (SSSR count). The molecule has 5 heteroatoms. The molecule has 20 heavy (non-hydrogen) atoms. The molecule has 0 fully saturated rings. The van der Waals surface area contributed by atoms with Gasteiger partial charge in [-0.15, -0.1) is 11.8 Å². The van der Waals surface area contributed by atoms with Gasteiger partial charge in [0.1, 0.15) is 0 Å². The molecular formula is C15H17N3OS. The summed E-state index contributed by atoms with van der Waals surface area (Å²) >= 11 is 1.69. The molecule has 1 aromatic heterocycles. The van der Waals surface area contributed by atoms with Crippen molar-refractivity contribution in [2.45, 2.75) is 24.2 Å². The standard InChI is InChI=1S/C15H17N3OS/c1-20-12-5-3-11(4-6-12)18-15(19)10-2-7-13-14(8-10)17-9-16-13/h3-6,9-10H,2,7-8H2,1H3,(H,16,17)(H,18,19). The minimum atomic E-state index is 0.0307. The van der Waals surface area contributed by atoms with Crippen molar-refractivity contribution in [2.24, 2.45) is 5.92 Å². The van der Waals surface area contributed by atoms with E-state index in [2.05, 4.69) is 15.3 Å². The molecule has 1 atom stereocenters. The number of aromatic nitrogens is 2. The van der Waals surface area contributed by atoms with Crippen LogP contribution in [0.1, 0.15) is 17.8 Å². The first kappa shape index (κ1) is 13.2. The number of nitrogens with zero attached hydrogens (tertiary/aromatic N) is 1. The molecule has 0 bridgehead atoms. The van der Waals surface area contributed by atoms with Gasteiger partial charge in [-0.2, -0.15) is 0 Å². The quantitative estimate of drug-likeness (QED) is 0.853. The van der Waals surface area contributed by atoms with Crippen LogP contribution in [-0.4, -0.2) is 22.1 Å². The summed E-state index contributed by atoms with van der Waals surface area (Å²) in [6.07, 6.45) is 6.25. The SMILES string of the molecule is CSc1ccc(NC(=O)C2CCc3nc[nH]c3C2)cc1. The van der Waals surface area contributed by atoms with Crippen molar-refractivity contribution in [2.75, 3.05) is 11.6 Å². The number of rotatable bonds is 3. The predicted molar refractivity (Wildman–Crippen MR) is 81.0 cm³/mol. The largest absolute Gasteiger partial charge is 0.348 e. The lowest BCUT2D eigenvalue weighted by atomic mass is 9.89. The fraction of sp³-hybridized carbons (Fsp3) is 0.333. The molecule has 0 saturated carbocycles. The smallest absolute Gasteiger partial charge is 0.227 e. The molecule has 0 spiro atoms. The number of aromatic amines is 1. The molecule has 104 valence electrons. The molecule has 4 nitrogen and oxygen atoms in total. The Kier molecular flexibility index (Phi) is 3.78.